The summed E-state index contributed by atoms with van der Waals surface area (Å²) in [7, 11) is 0. The van der Waals surface area contributed by atoms with Gasteiger partial charge in [0.2, 0.25) is 0 Å². The second-order valence-electron chi connectivity index (χ2n) is 6.69. The molecular formula is C19H21ClN4O. The third-order valence-electron chi connectivity index (χ3n) is 4.78. The molecule has 1 aliphatic carbocycles. The van der Waals surface area contributed by atoms with Gasteiger partial charge in [0.1, 0.15) is 11.6 Å². The van der Waals surface area contributed by atoms with E-state index in [2.05, 4.69) is 9.88 Å². The Morgan fingerprint density at radius 1 is 1.12 bits per heavy atom. The molecule has 2 aliphatic rings. The molecule has 1 saturated heterocycles. The number of hydrogen-bond acceptors (Lipinski definition) is 4. The lowest BCUT2D eigenvalue weighted by Gasteiger charge is -2.23. The van der Waals surface area contributed by atoms with Crippen LogP contribution < -0.4 is 4.90 Å². The molecule has 0 N–H and O–H groups in total. The van der Waals surface area contributed by atoms with Crippen LogP contribution in [0, 0.1) is 0 Å². The predicted molar refractivity (Wildman–Crippen MR) is 98.2 cm³/mol. The Morgan fingerprint density at radius 2 is 2.00 bits per heavy atom. The first-order valence-electron chi connectivity index (χ1n) is 8.83. The summed E-state index contributed by atoms with van der Waals surface area (Å²) in [4.78, 5) is 26.0. The molecule has 4 rings (SSSR count). The SMILES string of the molecule is O=C(c1cccc(Cl)c1)N1CCCN(c2ccnc(C3CC3)n2)CC1. The fraction of sp³-hybridized carbons (Fsp3) is 0.421. The molecule has 1 aromatic carbocycles. The van der Waals surface area contributed by atoms with E-state index >= 15 is 0 Å². The number of nitrogens with zero attached hydrogens (tertiary/aromatic N) is 4. The summed E-state index contributed by atoms with van der Waals surface area (Å²) in [6.45, 7) is 3.13. The predicted octanol–water partition coefficient (Wildman–Crippen LogP) is 3.36. The minimum atomic E-state index is 0.0470. The molecule has 2 fully saturated rings. The molecule has 0 radical (unpaired) electrons. The van der Waals surface area contributed by atoms with E-state index in [0.717, 1.165) is 37.7 Å². The molecule has 0 atom stereocenters. The van der Waals surface area contributed by atoms with Crippen molar-refractivity contribution in [3.05, 3.63) is 52.9 Å². The number of hydrogen-bond donors (Lipinski definition) is 0. The Balaban J connectivity index is 1.45. The van der Waals surface area contributed by atoms with Crippen LogP contribution in [0.5, 0.6) is 0 Å². The summed E-state index contributed by atoms with van der Waals surface area (Å²) in [5.41, 5.74) is 0.652. The largest absolute Gasteiger partial charge is 0.355 e. The van der Waals surface area contributed by atoms with E-state index in [1.807, 2.05) is 29.3 Å². The second-order valence-corrected chi connectivity index (χ2v) is 7.13. The highest BCUT2D eigenvalue weighted by atomic mass is 35.5. The molecule has 1 aliphatic heterocycles. The highest BCUT2D eigenvalue weighted by molar-refractivity contribution is 6.30. The maximum absolute atomic E-state index is 12.7. The maximum Gasteiger partial charge on any atom is 0.253 e. The number of amides is 1. The molecule has 6 heteroatoms. The lowest BCUT2D eigenvalue weighted by atomic mass is 10.2. The zero-order valence-electron chi connectivity index (χ0n) is 14.1. The van der Waals surface area contributed by atoms with Crippen molar-refractivity contribution in [3.8, 4) is 0 Å². The summed E-state index contributed by atoms with van der Waals surface area (Å²) in [5.74, 6) is 2.54. The van der Waals surface area contributed by atoms with Gasteiger partial charge in [0.05, 0.1) is 0 Å². The Morgan fingerprint density at radius 3 is 2.80 bits per heavy atom. The van der Waals surface area contributed by atoms with Crippen molar-refractivity contribution in [3.63, 3.8) is 0 Å². The van der Waals surface area contributed by atoms with Crippen molar-refractivity contribution in [1.82, 2.24) is 14.9 Å². The Bertz CT molecular complexity index is 778. The lowest BCUT2D eigenvalue weighted by Crippen LogP contribution is -2.35. The van der Waals surface area contributed by atoms with Gasteiger partial charge in [0.15, 0.2) is 0 Å². The number of rotatable bonds is 3. The number of carbonyl (C=O) groups excluding carboxylic acids is 1. The molecule has 0 bridgehead atoms. The van der Waals surface area contributed by atoms with Gasteiger partial charge < -0.3 is 9.80 Å². The van der Waals surface area contributed by atoms with E-state index in [1.54, 1.807) is 12.1 Å². The van der Waals surface area contributed by atoms with Gasteiger partial charge in [0.25, 0.3) is 5.91 Å². The molecule has 5 nitrogen and oxygen atoms in total. The Hall–Kier alpha value is -2.14. The summed E-state index contributed by atoms with van der Waals surface area (Å²) >= 11 is 6.02. The van der Waals surface area contributed by atoms with Crippen LogP contribution in [-0.2, 0) is 0 Å². The van der Waals surface area contributed by atoms with Crippen LogP contribution in [0.4, 0.5) is 5.82 Å². The summed E-state index contributed by atoms with van der Waals surface area (Å²) < 4.78 is 0. The van der Waals surface area contributed by atoms with Crippen LogP contribution in [0.25, 0.3) is 0 Å². The number of carbonyl (C=O) groups is 1. The van der Waals surface area contributed by atoms with Gasteiger partial charge >= 0.3 is 0 Å². The van der Waals surface area contributed by atoms with Crippen molar-refractivity contribution < 1.29 is 4.79 Å². The van der Waals surface area contributed by atoms with Crippen molar-refractivity contribution in [2.75, 3.05) is 31.1 Å². The molecule has 0 unspecified atom stereocenters. The van der Waals surface area contributed by atoms with Crippen LogP contribution in [-0.4, -0.2) is 47.0 Å². The minimum absolute atomic E-state index is 0.0470. The smallest absolute Gasteiger partial charge is 0.253 e. The topological polar surface area (TPSA) is 49.3 Å². The van der Waals surface area contributed by atoms with Gasteiger partial charge in [-0.3, -0.25) is 4.79 Å². The summed E-state index contributed by atoms with van der Waals surface area (Å²) in [6.07, 6.45) is 5.18. The number of aromatic nitrogens is 2. The van der Waals surface area contributed by atoms with E-state index in [0.29, 0.717) is 23.0 Å². The maximum atomic E-state index is 12.7. The highest BCUT2D eigenvalue weighted by Gasteiger charge is 2.27. The fourth-order valence-electron chi connectivity index (χ4n) is 3.23. The zero-order chi connectivity index (χ0) is 17.2. The highest BCUT2D eigenvalue weighted by Crippen LogP contribution is 2.38. The van der Waals surface area contributed by atoms with Crippen molar-refractivity contribution in [2.24, 2.45) is 0 Å². The van der Waals surface area contributed by atoms with Crippen molar-refractivity contribution in [1.29, 1.82) is 0 Å². The van der Waals surface area contributed by atoms with Crippen LogP contribution in [0.15, 0.2) is 36.5 Å². The number of halogens is 1. The average molecular weight is 357 g/mol. The van der Waals surface area contributed by atoms with Gasteiger partial charge in [0, 0.05) is 48.9 Å². The van der Waals surface area contributed by atoms with Crippen LogP contribution >= 0.6 is 11.6 Å². The third kappa shape index (κ3) is 3.76. The fourth-order valence-corrected chi connectivity index (χ4v) is 3.42. The van der Waals surface area contributed by atoms with Crippen LogP contribution in [0.2, 0.25) is 5.02 Å². The van der Waals surface area contributed by atoms with E-state index < -0.39 is 0 Å². The normalized spacial score (nSPS) is 18.1. The molecule has 2 heterocycles. The van der Waals surface area contributed by atoms with Crippen LogP contribution in [0.3, 0.4) is 0 Å². The molecule has 130 valence electrons. The molecular weight excluding hydrogens is 336 g/mol. The van der Waals surface area contributed by atoms with Gasteiger partial charge in [-0.15, -0.1) is 0 Å². The van der Waals surface area contributed by atoms with E-state index in [9.17, 15) is 4.79 Å². The zero-order valence-corrected chi connectivity index (χ0v) is 14.8. The van der Waals surface area contributed by atoms with E-state index in [-0.39, 0.29) is 5.91 Å². The van der Waals surface area contributed by atoms with Crippen molar-refractivity contribution >= 4 is 23.3 Å². The Kier molecular flexibility index (Phi) is 4.57. The molecule has 1 amide bonds. The first-order chi connectivity index (χ1) is 12.2. The first kappa shape index (κ1) is 16.3. The molecule has 25 heavy (non-hydrogen) atoms. The van der Waals surface area contributed by atoms with Crippen LogP contribution in [0.1, 0.15) is 41.4 Å². The molecule has 2 aromatic rings. The average Bonchev–Trinajstić information content (AvgIpc) is 3.48. The minimum Gasteiger partial charge on any atom is -0.355 e. The first-order valence-corrected chi connectivity index (χ1v) is 9.21. The number of benzene rings is 1. The van der Waals surface area contributed by atoms with Gasteiger partial charge in [-0.25, -0.2) is 9.97 Å². The van der Waals surface area contributed by atoms with Gasteiger partial charge in [-0.1, -0.05) is 17.7 Å². The quantitative estimate of drug-likeness (QED) is 0.846. The van der Waals surface area contributed by atoms with Gasteiger partial charge in [-0.05, 0) is 43.5 Å². The second kappa shape index (κ2) is 7.00. The monoisotopic (exact) mass is 356 g/mol. The Labute approximate surface area is 152 Å². The molecule has 0 spiro atoms. The van der Waals surface area contributed by atoms with E-state index in [4.69, 9.17) is 16.6 Å². The molecule has 1 aromatic heterocycles. The summed E-state index contributed by atoms with van der Waals surface area (Å²) in [6, 6.07) is 9.14. The molecule has 1 saturated carbocycles. The lowest BCUT2D eigenvalue weighted by molar-refractivity contribution is 0.0767. The standard InChI is InChI=1S/C19H21ClN4O/c20-16-4-1-3-15(13-16)19(25)24-10-2-9-23(11-12-24)17-7-8-21-18(22-17)14-5-6-14/h1,3-4,7-8,13-14H,2,5-6,9-12H2. The third-order valence-corrected chi connectivity index (χ3v) is 5.02. The van der Waals surface area contributed by atoms with Gasteiger partial charge in [-0.2, -0.15) is 0 Å². The van der Waals surface area contributed by atoms with E-state index in [1.165, 1.54) is 12.8 Å². The summed E-state index contributed by atoms with van der Waals surface area (Å²) in [5, 5.41) is 0.593. The van der Waals surface area contributed by atoms with Crippen molar-refractivity contribution in [2.45, 2.75) is 25.2 Å². The number of anilines is 1.